The van der Waals surface area contributed by atoms with E-state index >= 15 is 0 Å². The Balaban J connectivity index is 2.92. The third kappa shape index (κ3) is 4.27. The number of hydrogen-bond acceptors (Lipinski definition) is 3. The van der Waals surface area contributed by atoms with Crippen molar-refractivity contribution >= 4 is 0 Å². The van der Waals surface area contributed by atoms with E-state index in [1.165, 1.54) is 6.07 Å². The molecular formula is C10H10F6N2O. The lowest BCUT2D eigenvalue weighted by atomic mass is 10.2. The first-order chi connectivity index (χ1) is 8.51. The van der Waals surface area contributed by atoms with Gasteiger partial charge in [-0.2, -0.15) is 26.3 Å². The highest BCUT2D eigenvalue weighted by Gasteiger charge is 2.59. The van der Waals surface area contributed by atoms with Gasteiger partial charge in [0.05, 0.1) is 11.9 Å². The molecule has 0 saturated heterocycles. The van der Waals surface area contributed by atoms with Gasteiger partial charge >= 0.3 is 12.4 Å². The third-order valence-electron chi connectivity index (χ3n) is 2.07. The Morgan fingerprint density at radius 2 is 1.63 bits per heavy atom. The largest absolute Gasteiger partial charge is 0.470 e. The molecule has 1 heterocycles. The fourth-order valence-corrected chi connectivity index (χ4v) is 1.19. The standard InChI is InChI=1S/C10H10F6N2O/c1-5(17)7-3-2-6(4-18-7)19-8(9(11,12)13)10(14,15)16/h2-5,8H,17H2,1H3/t5-/m1/s1. The van der Waals surface area contributed by atoms with Crippen LogP contribution in [0, 0.1) is 0 Å². The predicted molar refractivity (Wildman–Crippen MR) is 53.4 cm³/mol. The molecule has 1 rings (SSSR count). The van der Waals surface area contributed by atoms with E-state index in [0.717, 1.165) is 12.3 Å². The Bertz CT molecular complexity index is 398. The van der Waals surface area contributed by atoms with Gasteiger partial charge in [-0.1, -0.05) is 0 Å². The molecule has 0 radical (unpaired) electrons. The summed E-state index contributed by atoms with van der Waals surface area (Å²) >= 11 is 0. The lowest BCUT2D eigenvalue weighted by molar-refractivity contribution is -0.299. The summed E-state index contributed by atoms with van der Waals surface area (Å²) in [6.07, 6.45) is -14.2. The van der Waals surface area contributed by atoms with Crippen LogP contribution in [0.4, 0.5) is 26.3 Å². The minimum atomic E-state index is -5.56. The Kier molecular flexibility index (Phi) is 4.28. The Morgan fingerprint density at radius 1 is 1.11 bits per heavy atom. The summed E-state index contributed by atoms with van der Waals surface area (Å²) in [5, 5.41) is 0. The van der Waals surface area contributed by atoms with E-state index in [1.807, 2.05) is 0 Å². The summed E-state index contributed by atoms with van der Waals surface area (Å²) in [4.78, 5) is 3.61. The molecule has 1 aromatic heterocycles. The monoisotopic (exact) mass is 288 g/mol. The average molecular weight is 288 g/mol. The number of pyridine rings is 1. The molecule has 1 atom stereocenters. The van der Waals surface area contributed by atoms with Crippen LogP contribution >= 0.6 is 0 Å². The van der Waals surface area contributed by atoms with Crippen molar-refractivity contribution in [3.63, 3.8) is 0 Å². The van der Waals surface area contributed by atoms with E-state index in [2.05, 4.69) is 9.72 Å². The first-order valence-corrected chi connectivity index (χ1v) is 5.03. The average Bonchev–Trinajstić information content (AvgIpc) is 2.23. The van der Waals surface area contributed by atoms with Crippen molar-refractivity contribution in [2.24, 2.45) is 5.73 Å². The molecule has 3 nitrogen and oxygen atoms in total. The van der Waals surface area contributed by atoms with Crippen LogP contribution < -0.4 is 10.5 Å². The van der Waals surface area contributed by atoms with Gasteiger partial charge in [-0.15, -0.1) is 0 Å². The van der Waals surface area contributed by atoms with Crippen LogP contribution in [0.25, 0.3) is 0 Å². The molecule has 0 aliphatic carbocycles. The van der Waals surface area contributed by atoms with Gasteiger partial charge in [-0.3, -0.25) is 4.98 Å². The SMILES string of the molecule is C[C@@H](N)c1ccc(OC(C(F)(F)F)C(F)(F)F)cn1. The maximum atomic E-state index is 12.2. The highest BCUT2D eigenvalue weighted by atomic mass is 19.4. The second-order valence-corrected chi connectivity index (χ2v) is 3.79. The summed E-state index contributed by atoms with van der Waals surface area (Å²) in [5.74, 6) is -0.635. The van der Waals surface area contributed by atoms with Crippen LogP contribution in [0.2, 0.25) is 0 Å². The number of alkyl halides is 6. The molecule has 0 bridgehead atoms. The van der Waals surface area contributed by atoms with E-state index in [0.29, 0.717) is 5.69 Å². The summed E-state index contributed by atoms with van der Waals surface area (Å²) in [5.41, 5.74) is 5.76. The van der Waals surface area contributed by atoms with Crippen LogP contribution in [-0.2, 0) is 0 Å². The van der Waals surface area contributed by atoms with Crippen LogP contribution in [0.1, 0.15) is 18.7 Å². The molecule has 1 aromatic rings. The quantitative estimate of drug-likeness (QED) is 0.870. The fraction of sp³-hybridized carbons (Fsp3) is 0.500. The minimum Gasteiger partial charge on any atom is -0.470 e. The van der Waals surface area contributed by atoms with Crippen molar-refractivity contribution in [1.29, 1.82) is 0 Å². The summed E-state index contributed by atoms with van der Waals surface area (Å²) in [6, 6.07) is 1.66. The zero-order chi connectivity index (χ0) is 14.8. The number of halogens is 6. The molecule has 0 amide bonds. The molecule has 0 aromatic carbocycles. The van der Waals surface area contributed by atoms with E-state index < -0.39 is 30.2 Å². The van der Waals surface area contributed by atoms with Crippen LogP contribution in [0.3, 0.4) is 0 Å². The summed E-state index contributed by atoms with van der Waals surface area (Å²) in [7, 11) is 0. The molecule has 0 fully saturated rings. The third-order valence-corrected chi connectivity index (χ3v) is 2.07. The maximum Gasteiger partial charge on any atom is 0.434 e. The highest BCUT2D eigenvalue weighted by molar-refractivity contribution is 5.21. The van der Waals surface area contributed by atoms with E-state index in [4.69, 9.17) is 5.73 Å². The van der Waals surface area contributed by atoms with Gasteiger partial charge in [0.25, 0.3) is 6.10 Å². The smallest absolute Gasteiger partial charge is 0.434 e. The number of hydrogen-bond donors (Lipinski definition) is 1. The molecule has 9 heteroatoms. The topological polar surface area (TPSA) is 48.1 Å². The molecule has 0 aliphatic heterocycles. The van der Waals surface area contributed by atoms with Crippen molar-refractivity contribution in [3.8, 4) is 5.75 Å². The second-order valence-electron chi connectivity index (χ2n) is 3.79. The number of rotatable bonds is 3. The maximum absolute atomic E-state index is 12.2. The van der Waals surface area contributed by atoms with Crippen LogP contribution in [-0.4, -0.2) is 23.4 Å². The van der Waals surface area contributed by atoms with Crippen molar-refractivity contribution < 1.29 is 31.1 Å². The van der Waals surface area contributed by atoms with Crippen molar-refractivity contribution in [1.82, 2.24) is 4.98 Å². The van der Waals surface area contributed by atoms with Gasteiger partial charge in [0.2, 0.25) is 0 Å². The zero-order valence-corrected chi connectivity index (χ0v) is 9.59. The molecule has 0 saturated carbocycles. The molecule has 108 valence electrons. The van der Waals surface area contributed by atoms with Crippen molar-refractivity contribution in [3.05, 3.63) is 24.0 Å². The number of ether oxygens (including phenoxy) is 1. The van der Waals surface area contributed by atoms with Crippen LogP contribution in [0.15, 0.2) is 18.3 Å². The van der Waals surface area contributed by atoms with E-state index in [1.54, 1.807) is 6.92 Å². The lowest BCUT2D eigenvalue weighted by Gasteiger charge is -2.23. The molecule has 0 aliphatic rings. The number of nitrogens with zero attached hydrogens (tertiary/aromatic N) is 1. The molecule has 2 N–H and O–H groups in total. The molecule has 0 spiro atoms. The predicted octanol–water partition coefficient (Wildman–Crippen LogP) is 2.97. The highest BCUT2D eigenvalue weighted by Crippen LogP contribution is 2.36. The van der Waals surface area contributed by atoms with Gasteiger partial charge in [0, 0.05) is 6.04 Å². The van der Waals surface area contributed by atoms with Crippen LogP contribution in [0.5, 0.6) is 5.75 Å². The van der Waals surface area contributed by atoms with Crippen molar-refractivity contribution in [2.45, 2.75) is 31.4 Å². The number of nitrogens with two attached hydrogens (primary N) is 1. The Hall–Kier alpha value is -1.51. The van der Waals surface area contributed by atoms with Gasteiger partial charge in [0.1, 0.15) is 5.75 Å². The normalized spacial score (nSPS) is 14.6. The summed E-state index contributed by atoms with van der Waals surface area (Å²) < 4.78 is 77.3. The second kappa shape index (κ2) is 5.24. The molecule has 0 unspecified atom stereocenters. The summed E-state index contributed by atoms with van der Waals surface area (Å²) in [6.45, 7) is 1.57. The Labute approximate surface area is 104 Å². The zero-order valence-electron chi connectivity index (χ0n) is 9.59. The fourth-order valence-electron chi connectivity index (χ4n) is 1.19. The first kappa shape index (κ1) is 15.5. The molecule has 19 heavy (non-hydrogen) atoms. The van der Waals surface area contributed by atoms with E-state index in [9.17, 15) is 26.3 Å². The molecular weight excluding hydrogens is 278 g/mol. The number of aromatic nitrogens is 1. The Morgan fingerprint density at radius 3 is 1.95 bits per heavy atom. The van der Waals surface area contributed by atoms with Gasteiger partial charge in [-0.25, -0.2) is 0 Å². The lowest BCUT2D eigenvalue weighted by Crippen LogP contribution is -2.46. The van der Waals surface area contributed by atoms with Gasteiger partial charge in [-0.05, 0) is 19.1 Å². The van der Waals surface area contributed by atoms with Gasteiger partial charge < -0.3 is 10.5 Å². The van der Waals surface area contributed by atoms with Gasteiger partial charge in [0.15, 0.2) is 0 Å². The van der Waals surface area contributed by atoms with Crippen molar-refractivity contribution in [2.75, 3.05) is 0 Å². The van der Waals surface area contributed by atoms with E-state index in [-0.39, 0.29) is 0 Å². The first-order valence-electron chi connectivity index (χ1n) is 5.03. The minimum absolute atomic E-state index is 0.322.